The Labute approximate surface area is 204 Å². The number of rotatable bonds is 6. The van der Waals surface area contributed by atoms with Crippen LogP contribution in [0.2, 0.25) is 0 Å². The number of phenols is 1. The second kappa shape index (κ2) is 8.81. The van der Waals surface area contributed by atoms with Gasteiger partial charge in [-0.25, -0.2) is 0 Å². The van der Waals surface area contributed by atoms with E-state index in [9.17, 15) is 24.3 Å². The van der Waals surface area contributed by atoms with E-state index in [1.165, 1.54) is 23.0 Å². The summed E-state index contributed by atoms with van der Waals surface area (Å²) >= 11 is 0. The van der Waals surface area contributed by atoms with E-state index in [2.05, 4.69) is 0 Å². The Morgan fingerprint density at radius 2 is 1.51 bits per heavy atom. The predicted molar refractivity (Wildman–Crippen MR) is 126 cm³/mol. The Morgan fingerprint density at radius 3 is 2.14 bits per heavy atom. The molecule has 1 aromatic rings. The molecule has 3 fully saturated rings. The fourth-order valence-electron chi connectivity index (χ4n) is 6.91. The van der Waals surface area contributed by atoms with Gasteiger partial charge in [-0.2, -0.15) is 0 Å². The number of nitrogens with zero attached hydrogens (tertiary/aromatic N) is 2. The first kappa shape index (κ1) is 23.6. The lowest BCUT2D eigenvalue weighted by atomic mass is 9.57. The Morgan fingerprint density at radius 1 is 0.886 bits per heavy atom. The number of hydrogen-bond donors (Lipinski definition) is 1. The molecule has 0 bridgehead atoms. The molecule has 35 heavy (non-hydrogen) atoms. The Kier molecular flexibility index (Phi) is 5.93. The minimum absolute atomic E-state index is 0.0420. The Bertz CT molecular complexity index is 1130. The van der Waals surface area contributed by atoms with Gasteiger partial charge in [-0.1, -0.05) is 31.6 Å². The Balaban J connectivity index is 1.64. The number of methoxy groups -OCH3 is 1. The monoisotopic (exact) mass is 480 g/mol. The number of carbonyl (C=O) groups excluding carboxylic acids is 4. The highest BCUT2D eigenvalue weighted by atomic mass is 16.5. The van der Waals surface area contributed by atoms with Crippen LogP contribution >= 0.6 is 0 Å². The second-order valence-electron chi connectivity index (χ2n) is 10.1. The molecular weight excluding hydrogens is 448 g/mol. The molecule has 2 saturated heterocycles. The van der Waals surface area contributed by atoms with Crippen LogP contribution in [0.5, 0.6) is 11.5 Å². The van der Waals surface area contributed by atoms with Gasteiger partial charge >= 0.3 is 0 Å². The van der Waals surface area contributed by atoms with E-state index in [1.807, 2.05) is 19.9 Å². The number of allylic oxidation sites excluding steroid dienone is 2. The molecular formula is C27H32N2O6. The highest BCUT2D eigenvalue weighted by Crippen LogP contribution is 2.59. The third-order valence-electron chi connectivity index (χ3n) is 8.28. The van der Waals surface area contributed by atoms with E-state index in [4.69, 9.17) is 4.74 Å². The molecule has 6 atom stereocenters. The maximum atomic E-state index is 13.6. The topological polar surface area (TPSA) is 104 Å². The molecule has 1 N–H and O–H groups in total. The van der Waals surface area contributed by atoms with Crippen LogP contribution in [0.25, 0.3) is 0 Å². The molecule has 1 saturated carbocycles. The van der Waals surface area contributed by atoms with E-state index < -0.39 is 29.6 Å². The molecule has 8 nitrogen and oxygen atoms in total. The van der Waals surface area contributed by atoms with Crippen molar-refractivity contribution in [2.45, 2.75) is 45.4 Å². The summed E-state index contributed by atoms with van der Waals surface area (Å²) < 4.78 is 5.59. The first-order chi connectivity index (χ1) is 16.8. The minimum Gasteiger partial charge on any atom is -0.508 e. The van der Waals surface area contributed by atoms with Crippen molar-refractivity contribution in [3.63, 3.8) is 0 Å². The summed E-state index contributed by atoms with van der Waals surface area (Å²) in [6.07, 6.45) is 4.22. The van der Waals surface area contributed by atoms with Crippen LogP contribution < -0.4 is 4.74 Å². The lowest BCUT2D eigenvalue weighted by molar-refractivity contribution is -0.142. The molecule has 5 rings (SSSR count). The van der Waals surface area contributed by atoms with E-state index in [0.29, 0.717) is 44.5 Å². The standard InChI is InChI=1S/C27H32N2O6/c1-4-10-28-24(31)17-9-8-15-18(22(17)26(28)33)13-19-23(27(34)29(11-5-2)25(19)32)21(15)16-7-6-14(30)12-20(16)35-3/h6-8,12,17-19,21-23,30H,4-5,9-11,13H2,1-3H3/t17-,18+,19+,21+,22-,23+/m0/s1. The summed E-state index contributed by atoms with van der Waals surface area (Å²) in [5.74, 6) is -3.01. The molecule has 0 radical (unpaired) electrons. The second-order valence-corrected chi connectivity index (χ2v) is 10.1. The van der Waals surface area contributed by atoms with Gasteiger partial charge in [0.2, 0.25) is 23.6 Å². The van der Waals surface area contributed by atoms with Crippen molar-refractivity contribution in [2.24, 2.45) is 29.6 Å². The van der Waals surface area contributed by atoms with Gasteiger partial charge in [0.1, 0.15) is 11.5 Å². The zero-order valence-electron chi connectivity index (χ0n) is 20.4. The maximum Gasteiger partial charge on any atom is 0.234 e. The number of benzene rings is 1. The molecule has 2 heterocycles. The molecule has 4 aliphatic rings. The number of imide groups is 2. The number of amides is 4. The van der Waals surface area contributed by atoms with E-state index in [-0.39, 0.29) is 35.3 Å². The third-order valence-corrected chi connectivity index (χ3v) is 8.28. The largest absolute Gasteiger partial charge is 0.508 e. The summed E-state index contributed by atoms with van der Waals surface area (Å²) in [6.45, 7) is 4.63. The molecule has 1 aromatic carbocycles. The maximum absolute atomic E-state index is 13.6. The summed E-state index contributed by atoms with van der Waals surface area (Å²) in [6, 6.07) is 4.82. The van der Waals surface area contributed by atoms with Gasteiger partial charge in [-0.15, -0.1) is 0 Å². The summed E-state index contributed by atoms with van der Waals surface area (Å²) in [7, 11) is 1.51. The van der Waals surface area contributed by atoms with Gasteiger partial charge in [0, 0.05) is 30.6 Å². The van der Waals surface area contributed by atoms with Crippen molar-refractivity contribution in [3.05, 3.63) is 35.4 Å². The van der Waals surface area contributed by atoms with E-state index in [0.717, 1.165) is 11.1 Å². The highest BCUT2D eigenvalue weighted by Gasteiger charge is 2.61. The van der Waals surface area contributed by atoms with E-state index >= 15 is 0 Å². The molecule has 2 aliphatic heterocycles. The van der Waals surface area contributed by atoms with Crippen LogP contribution in [0, 0.1) is 29.6 Å². The summed E-state index contributed by atoms with van der Waals surface area (Å²) in [5, 5.41) is 10.0. The lowest BCUT2D eigenvalue weighted by Gasteiger charge is -2.44. The van der Waals surface area contributed by atoms with Crippen molar-refractivity contribution < 1.29 is 29.0 Å². The fourth-order valence-corrected chi connectivity index (χ4v) is 6.91. The average molecular weight is 481 g/mol. The van der Waals surface area contributed by atoms with Crippen LogP contribution in [-0.4, -0.2) is 58.7 Å². The third kappa shape index (κ3) is 3.40. The number of ether oxygens (including phenoxy) is 1. The Hall–Kier alpha value is -3.16. The normalized spacial score (nSPS) is 31.9. The zero-order valence-corrected chi connectivity index (χ0v) is 20.4. The summed E-state index contributed by atoms with van der Waals surface area (Å²) in [5.41, 5.74) is 1.66. The quantitative estimate of drug-likeness (QED) is 0.496. The smallest absolute Gasteiger partial charge is 0.234 e. The molecule has 0 spiro atoms. The number of phenolic OH excluding ortho intramolecular Hbond substituents is 1. The van der Waals surface area contributed by atoms with E-state index in [1.54, 1.807) is 12.1 Å². The first-order valence-electron chi connectivity index (χ1n) is 12.6. The van der Waals surface area contributed by atoms with Gasteiger partial charge in [-0.3, -0.25) is 29.0 Å². The van der Waals surface area contributed by atoms with Crippen molar-refractivity contribution in [1.82, 2.24) is 9.80 Å². The van der Waals surface area contributed by atoms with Crippen LogP contribution in [0.4, 0.5) is 0 Å². The average Bonchev–Trinajstić information content (AvgIpc) is 3.23. The molecule has 0 aromatic heterocycles. The molecule has 0 unspecified atom stereocenters. The number of likely N-dealkylation sites (tertiary alicyclic amines) is 2. The van der Waals surface area contributed by atoms with Crippen LogP contribution in [0.15, 0.2) is 29.8 Å². The van der Waals surface area contributed by atoms with Crippen molar-refractivity contribution in [3.8, 4) is 11.5 Å². The van der Waals surface area contributed by atoms with Crippen molar-refractivity contribution in [2.75, 3.05) is 20.2 Å². The summed E-state index contributed by atoms with van der Waals surface area (Å²) in [4.78, 5) is 56.4. The molecule has 186 valence electrons. The van der Waals surface area contributed by atoms with Gasteiger partial charge < -0.3 is 9.84 Å². The van der Waals surface area contributed by atoms with Gasteiger partial charge in [0.15, 0.2) is 0 Å². The molecule has 8 heteroatoms. The SMILES string of the molecule is CCCN1C(=O)[C@H]2[C@H](CC=C3[C@H]2C[C@H]2C(=O)N(CCC)C(=O)[C@H]2[C@H]3c2ccc(O)cc2OC)C1=O. The lowest BCUT2D eigenvalue weighted by Crippen LogP contribution is -2.43. The fraction of sp³-hybridized carbons (Fsp3) is 0.556. The van der Waals surface area contributed by atoms with Crippen molar-refractivity contribution in [1.29, 1.82) is 0 Å². The number of hydrogen-bond acceptors (Lipinski definition) is 6. The number of aromatic hydroxyl groups is 1. The van der Waals surface area contributed by atoms with Crippen LogP contribution in [0.1, 0.15) is 51.0 Å². The number of fused-ring (bicyclic) bond motifs is 4. The van der Waals surface area contributed by atoms with Gasteiger partial charge in [0.05, 0.1) is 30.8 Å². The number of carbonyl (C=O) groups is 4. The van der Waals surface area contributed by atoms with Crippen molar-refractivity contribution >= 4 is 23.6 Å². The first-order valence-corrected chi connectivity index (χ1v) is 12.6. The zero-order chi connectivity index (χ0) is 25.0. The van der Waals surface area contributed by atoms with Crippen LogP contribution in [-0.2, 0) is 19.2 Å². The molecule has 4 amide bonds. The predicted octanol–water partition coefficient (Wildman–Crippen LogP) is 2.86. The molecule has 2 aliphatic carbocycles. The highest BCUT2D eigenvalue weighted by molar-refractivity contribution is 6.08. The van der Waals surface area contributed by atoms with Gasteiger partial charge in [0.25, 0.3) is 0 Å². The van der Waals surface area contributed by atoms with Crippen LogP contribution in [0.3, 0.4) is 0 Å². The van der Waals surface area contributed by atoms with Gasteiger partial charge in [-0.05, 0) is 37.7 Å². The minimum atomic E-state index is -0.592.